The van der Waals surface area contributed by atoms with Crippen LogP contribution in [0.4, 0.5) is 5.82 Å². The average molecular weight is 645 g/mol. The van der Waals surface area contributed by atoms with Crippen molar-refractivity contribution in [3.8, 4) is 11.3 Å². The monoisotopic (exact) mass is 644 g/mol. The molecule has 0 spiro atoms. The lowest BCUT2D eigenvalue weighted by Crippen LogP contribution is -2.32. The standard InChI is InChI=1S/C29H38N6O7S.C2H6/c1-5-23-27(20(2)18-31-3)42-17-16-41-15-14-40-13-12-35(11-10-25(36)39-4)43(38)22-8-6-21(7-9-22)24-19-32-28(30)26(33-24)29(37)34-23;1-2/h5-9,19,31H,1-2,10-18H2,3-4H3,(H2,30,32)(H,34,37);1-2H3/b27-23-;. The summed E-state index contributed by atoms with van der Waals surface area (Å²) in [5.41, 5.74) is 7.81. The van der Waals surface area contributed by atoms with Crippen molar-refractivity contribution in [3.05, 3.63) is 72.4 Å². The minimum atomic E-state index is -1.59. The number of nitrogens with two attached hydrogens (primary N) is 1. The Morgan fingerprint density at radius 1 is 1.18 bits per heavy atom. The number of anilines is 1. The first-order chi connectivity index (χ1) is 21.8. The molecule has 1 atom stereocenters. The van der Waals surface area contributed by atoms with E-state index in [1.54, 1.807) is 35.6 Å². The van der Waals surface area contributed by atoms with Crippen LogP contribution in [0.5, 0.6) is 0 Å². The number of hydrogen-bond acceptors (Lipinski definition) is 11. The second-order valence-corrected chi connectivity index (χ2v) is 10.6. The van der Waals surface area contributed by atoms with E-state index in [-0.39, 0.29) is 50.0 Å². The van der Waals surface area contributed by atoms with Gasteiger partial charge in [-0.05, 0) is 25.3 Å². The second kappa shape index (κ2) is 20.2. The van der Waals surface area contributed by atoms with E-state index in [1.807, 2.05) is 13.8 Å². The molecule has 0 radical (unpaired) electrons. The number of nitrogen functional groups attached to an aromatic ring is 1. The number of aromatic nitrogens is 2. The number of carbonyl (C=O) groups is 2. The first kappa shape index (κ1) is 37.2. The van der Waals surface area contributed by atoms with E-state index >= 15 is 0 Å². The molecule has 0 saturated carbocycles. The minimum absolute atomic E-state index is 0.0646. The van der Waals surface area contributed by atoms with Crippen molar-refractivity contribution in [3.63, 3.8) is 0 Å². The van der Waals surface area contributed by atoms with Crippen molar-refractivity contribution in [2.45, 2.75) is 25.2 Å². The Kier molecular flexibility index (Phi) is 16.7. The van der Waals surface area contributed by atoms with Crippen molar-refractivity contribution < 1.29 is 32.7 Å². The molecular weight excluding hydrogens is 600 g/mol. The first-order valence-electron chi connectivity index (χ1n) is 14.5. The Hall–Kier alpha value is -3.95. The molecule has 1 aromatic heterocycles. The number of amides is 1. The molecule has 0 aliphatic carbocycles. The number of fused-ring (bicyclic) bond motifs is 15. The Morgan fingerprint density at radius 3 is 2.49 bits per heavy atom. The van der Waals surface area contributed by atoms with Gasteiger partial charge in [-0.15, -0.1) is 0 Å². The highest BCUT2D eigenvalue weighted by Gasteiger charge is 2.20. The summed E-state index contributed by atoms with van der Waals surface area (Å²) in [6.45, 7) is 14.1. The smallest absolute Gasteiger partial charge is 0.306 e. The third-order valence-corrected chi connectivity index (χ3v) is 7.64. The van der Waals surface area contributed by atoms with Gasteiger partial charge in [-0.1, -0.05) is 39.1 Å². The summed E-state index contributed by atoms with van der Waals surface area (Å²) in [4.78, 5) is 34.2. The zero-order valence-electron chi connectivity index (χ0n) is 26.4. The van der Waals surface area contributed by atoms with Gasteiger partial charge in [0.05, 0.1) is 62.4 Å². The van der Waals surface area contributed by atoms with Crippen LogP contribution in [0.3, 0.4) is 0 Å². The highest BCUT2D eigenvalue weighted by Crippen LogP contribution is 2.22. The van der Waals surface area contributed by atoms with E-state index in [4.69, 9.17) is 24.7 Å². The van der Waals surface area contributed by atoms with Crippen LogP contribution in [-0.2, 0) is 34.7 Å². The Morgan fingerprint density at radius 2 is 1.84 bits per heavy atom. The molecule has 45 heavy (non-hydrogen) atoms. The van der Waals surface area contributed by atoms with Crippen molar-refractivity contribution >= 4 is 28.7 Å². The number of allylic oxidation sites excluding steroid dienone is 1. The molecule has 2 aliphatic rings. The lowest BCUT2D eigenvalue weighted by atomic mass is 10.1. The van der Waals surface area contributed by atoms with Crippen molar-refractivity contribution in [1.82, 2.24) is 24.9 Å². The van der Waals surface area contributed by atoms with Gasteiger partial charge in [0, 0.05) is 30.8 Å². The predicted molar refractivity (Wildman–Crippen MR) is 173 cm³/mol. The number of nitrogens with zero attached hydrogens (tertiary/aromatic N) is 3. The number of carbonyl (C=O) groups excluding carboxylic acids is 2. The van der Waals surface area contributed by atoms with E-state index < -0.39 is 22.9 Å². The van der Waals surface area contributed by atoms with Crippen LogP contribution in [-0.4, -0.2) is 97.2 Å². The van der Waals surface area contributed by atoms with Crippen LogP contribution < -0.4 is 16.4 Å². The van der Waals surface area contributed by atoms with Gasteiger partial charge in [-0.2, -0.15) is 0 Å². The molecular formula is C31H44N6O7S. The summed E-state index contributed by atoms with van der Waals surface area (Å²) in [5.74, 6) is -0.755. The molecule has 2 aliphatic heterocycles. The van der Waals surface area contributed by atoms with Gasteiger partial charge in [0.15, 0.2) is 11.5 Å². The van der Waals surface area contributed by atoms with Gasteiger partial charge in [-0.25, -0.2) is 18.5 Å². The molecule has 246 valence electrons. The van der Waals surface area contributed by atoms with Crippen molar-refractivity contribution in [2.24, 2.45) is 0 Å². The molecule has 14 heteroatoms. The summed E-state index contributed by atoms with van der Waals surface area (Å²) in [6.07, 6.45) is 2.96. The summed E-state index contributed by atoms with van der Waals surface area (Å²) in [5, 5.41) is 5.77. The highest BCUT2D eigenvalue weighted by molar-refractivity contribution is 7.82. The van der Waals surface area contributed by atoms with E-state index in [0.29, 0.717) is 53.8 Å². The van der Waals surface area contributed by atoms with E-state index in [0.717, 1.165) is 0 Å². The predicted octanol–water partition coefficient (Wildman–Crippen LogP) is 2.61. The normalized spacial score (nSPS) is 18.6. The van der Waals surface area contributed by atoms with Gasteiger partial charge >= 0.3 is 5.97 Å². The number of hydrogen-bond donors (Lipinski definition) is 3. The van der Waals surface area contributed by atoms with Gasteiger partial charge in [0.25, 0.3) is 5.91 Å². The van der Waals surface area contributed by atoms with E-state index in [2.05, 4.69) is 33.8 Å². The second-order valence-electron chi connectivity index (χ2n) is 9.13. The molecule has 13 nitrogen and oxygen atoms in total. The fraction of sp³-hybridized carbons (Fsp3) is 0.419. The summed E-state index contributed by atoms with van der Waals surface area (Å²) < 4.78 is 37.0. The maximum absolute atomic E-state index is 13.4. The quantitative estimate of drug-likeness (QED) is 0.299. The molecule has 3 heterocycles. The summed E-state index contributed by atoms with van der Waals surface area (Å²) >= 11 is 0. The first-order valence-corrected chi connectivity index (χ1v) is 15.6. The Labute approximate surface area is 267 Å². The van der Waals surface area contributed by atoms with Crippen LogP contribution in [0.15, 0.2) is 71.6 Å². The van der Waals surface area contributed by atoms with Gasteiger partial charge in [-0.3, -0.25) is 9.59 Å². The number of ether oxygens (including phenoxy) is 4. The minimum Gasteiger partial charge on any atom is -0.489 e. The molecule has 0 fully saturated rings. The SMILES string of the molecule is C=C/C1=C(\C(=C)CNC)OCCOCCOCCN(CCC(=O)OC)S(=O)c2ccc(cc2)-c2cnc(N)c(n2)C(=O)N1.CC. The number of likely N-dealkylation sites (N-methyl/N-ethyl adjacent to an activating group) is 1. The molecule has 4 bridgehead atoms. The van der Waals surface area contributed by atoms with Gasteiger partial charge in [0.2, 0.25) is 0 Å². The maximum Gasteiger partial charge on any atom is 0.306 e. The van der Waals surface area contributed by atoms with Crippen LogP contribution in [0.2, 0.25) is 0 Å². The third kappa shape index (κ3) is 11.5. The fourth-order valence-corrected chi connectivity index (χ4v) is 5.09. The van der Waals surface area contributed by atoms with Crippen LogP contribution in [0.1, 0.15) is 30.8 Å². The Balaban J connectivity index is 0.00000345. The molecule has 1 amide bonds. The van der Waals surface area contributed by atoms with E-state index in [9.17, 15) is 13.8 Å². The fourth-order valence-electron chi connectivity index (χ4n) is 3.93. The molecule has 2 aromatic rings. The number of rotatable bonds is 7. The maximum atomic E-state index is 13.4. The number of benzene rings is 1. The lowest BCUT2D eigenvalue weighted by Gasteiger charge is -2.21. The van der Waals surface area contributed by atoms with Crippen molar-refractivity contribution in [2.75, 3.05) is 72.6 Å². The summed E-state index contributed by atoms with van der Waals surface area (Å²) in [6, 6.07) is 6.81. The van der Waals surface area contributed by atoms with Crippen LogP contribution in [0.25, 0.3) is 11.3 Å². The van der Waals surface area contributed by atoms with Gasteiger partial charge < -0.3 is 35.3 Å². The van der Waals surface area contributed by atoms with E-state index in [1.165, 1.54) is 19.4 Å². The molecule has 1 unspecified atom stereocenters. The van der Waals surface area contributed by atoms with Gasteiger partial charge in [0.1, 0.15) is 23.4 Å². The molecule has 0 saturated heterocycles. The van der Waals surface area contributed by atoms with Crippen molar-refractivity contribution in [1.29, 1.82) is 0 Å². The third-order valence-electron chi connectivity index (χ3n) is 6.13. The Bertz CT molecular complexity index is 1350. The number of nitrogens with one attached hydrogen (secondary N) is 2. The zero-order chi connectivity index (χ0) is 33.2. The lowest BCUT2D eigenvalue weighted by molar-refractivity contribution is -0.140. The van der Waals surface area contributed by atoms with Crippen LogP contribution in [0, 0.1) is 0 Å². The summed E-state index contributed by atoms with van der Waals surface area (Å²) in [7, 11) is 1.49. The number of esters is 1. The molecule has 4 N–H and O–H groups in total. The largest absolute Gasteiger partial charge is 0.489 e. The average Bonchev–Trinajstić information content (AvgIpc) is 3.06. The highest BCUT2D eigenvalue weighted by atomic mass is 32.2. The topological polar surface area (TPSA) is 167 Å². The molecule has 4 rings (SSSR count). The zero-order valence-corrected chi connectivity index (χ0v) is 27.2. The number of methoxy groups -OCH3 is 1. The molecule has 1 aromatic carbocycles. The van der Waals surface area contributed by atoms with Crippen LogP contribution >= 0.6 is 0 Å².